The second-order valence-corrected chi connectivity index (χ2v) is 5.45. The van der Waals surface area contributed by atoms with E-state index in [1.54, 1.807) is 18.6 Å². The summed E-state index contributed by atoms with van der Waals surface area (Å²) in [6.45, 7) is 0. The monoisotopic (exact) mass is 320 g/mol. The average Bonchev–Trinajstić information content (AvgIpc) is 3.04. The molecule has 0 fully saturated rings. The molecule has 6 heteroatoms. The maximum absolute atomic E-state index is 12.2. The highest BCUT2D eigenvalue weighted by Crippen LogP contribution is 2.26. The van der Waals surface area contributed by atoms with E-state index in [4.69, 9.17) is 10.00 Å². The Morgan fingerprint density at radius 3 is 2.88 bits per heavy atom. The van der Waals surface area contributed by atoms with E-state index in [0.717, 1.165) is 16.6 Å². The van der Waals surface area contributed by atoms with Crippen LogP contribution in [-0.4, -0.2) is 27.6 Å². The largest absolute Gasteiger partial charge is 0.465 e. The van der Waals surface area contributed by atoms with Crippen LogP contribution in [0.1, 0.15) is 22.3 Å². The number of esters is 1. The molecule has 24 heavy (non-hydrogen) atoms. The van der Waals surface area contributed by atoms with E-state index in [0.29, 0.717) is 29.6 Å². The fourth-order valence-electron chi connectivity index (χ4n) is 2.64. The Morgan fingerprint density at radius 1 is 1.38 bits per heavy atom. The molecule has 0 atom stereocenters. The number of ether oxygens (including phenoxy) is 1. The number of hydrogen-bond acceptors (Lipinski definition) is 5. The van der Waals surface area contributed by atoms with Crippen LogP contribution in [-0.2, 0) is 18.2 Å². The number of fused-ring (bicyclic) bond motifs is 1. The third-order valence-corrected chi connectivity index (χ3v) is 3.88. The van der Waals surface area contributed by atoms with Gasteiger partial charge in [0.25, 0.3) is 0 Å². The summed E-state index contributed by atoms with van der Waals surface area (Å²) in [6.07, 6.45) is 4.46. The van der Waals surface area contributed by atoms with Crippen LogP contribution in [0.2, 0.25) is 0 Å². The fraction of sp³-hybridized carbons (Fsp3) is 0.222. The van der Waals surface area contributed by atoms with Crippen LogP contribution in [0.25, 0.3) is 22.3 Å². The number of benzene rings is 1. The number of rotatable bonds is 4. The maximum Gasteiger partial charge on any atom is 0.338 e. The lowest BCUT2D eigenvalue weighted by atomic mass is 10.0. The van der Waals surface area contributed by atoms with E-state index < -0.39 is 5.97 Å². The molecule has 0 spiro atoms. The van der Waals surface area contributed by atoms with Crippen molar-refractivity contribution < 1.29 is 9.53 Å². The average molecular weight is 320 g/mol. The van der Waals surface area contributed by atoms with Gasteiger partial charge >= 0.3 is 5.97 Å². The van der Waals surface area contributed by atoms with Crippen molar-refractivity contribution in [3.05, 3.63) is 47.9 Å². The van der Waals surface area contributed by atoms with Crippen LogP contribution in [0.15, 0.2) is 36.8 Å². The van der Waals surface area contributed by atoms with Crippen LogP contribution in [0.4, 0.5) is 0 Å². The molecule has 2 aromatic heterocycles. The Balaban J connectivity index is 2.20. The minimum absolute atomic E-state index is 0.414. The minimum atomic E-state index is -0.414. The molecule has 2 heterocycles. The van der Waals surface area contributed by atoms with Crippen molar-refractivity contribution in [1.82, 2.24) is 14.5 Å². The number of imidazole rings is 1. The molecule has 1 aromatic carbocycles. The molecular formula is C18H16N4O2. The topological polar surface area (TPSA) is 80.8 Å². The van der Waals surface area contributed by atoms with Crippen molar-refractivity contribution in [3.63, 3.8) is 0 Å². The second kappa shape index (κ2) is 6.50. The minimum Gasteiger partial charge on any atom is -0.465 e. The van der Waals surface area contributed by atoms with Crippen molar-refractivity contribution in [2.45, 2.75) is 12.8 Å². The van der Waals surface area contributed by atoms with Gasteiger partial charge in [-0.25, -0.2) is 14.8 Å². The maximum atomic E-state index is 12.2. The first-order valence-electron chi connectivity index (χ1n) is 7.49. The molecule has 120 valence electrons. The summed E-state index contributed by atoms with van der Waals surface area (Å²) >= 11 is 0. The predicted molar refractivity (Wildman–Crippen MR) is 89.2 cm³/mol. The predicted octanol–water partition coefficient (Wildman–Crippen LogP) is 2.88. The first kappa shape index (κ1) is 15.7. The van der Waals surface area contributed by atoms with Crippen molar-refractivity contribution in [3.8, 4) is 17.5 Å². The lowest BCUT2D eigenvalue weighted by Gasteiger charge is -2.10. The first-order chi connectivity index (χ1) is 11.6. The molecule has 0 saturated carbocycles. The van der Waals surface area contributed by atoms with E-state index >= 15 is 0 Å². The molecule has 0 N–H and O–H groups in total. The van der Waals surface area contributed by atoms with Crippen LogP contribution < -0.4 is 0 Å². The number of nitriles is 1. The van der Waals surface area contributed by atoms with Crippen LogP contribution in [0.3, 0.4) is 0 Å². The number of aryl methyl sites for hydroxylation is 2. The van der Waals surface area contributed by atoms with Gasteiger partial charge in [0.2, 0.25) is 0 Å². The number of pyridine rings is 1. The molecule has 0 aliphatic carbocycles. The SMILES string of the molecule is COC(=O)c1cc(-c2cncn2C)nc2ccc(CCC#N)cc12. The molecule has 0 bridgehead atoms. The van der Waals surface area contributed by atoms with E-state index in [1.807, 2.05) is 29.8 Å². The third-order valence-electron chi connectivity index (χ3n) is 3.88. The zero-order valence-electron chi connectivity index (χ0n) is 13.5. The first-order valence-corrected chi connectivity index (χ1v) is 7.49. The van der Waals surface area contributed by atoms with E-state index in [9.17, 15) is 4.79 Å². The standard InChI is InChI=1S/C18H16N4O2/c1-22-11-20-10-17(22)16-9-14(18(23)24-2)13-8-12(4-3-7-19)5-6-15(13)21-16/h5-6,8-11H,3-4H2,1-2H3. The molecule has 0 amide bonds. The fourth-order valence-corrected chi connectivity index (χ4v) is 2.64. The summed E-state index contributed by atoms with van der Waals surface area (Å²) in [5.41, 5.74) is 3.62. The zero-order valence-corrected chi connectivity index (χ0v) is 13.5. The summed E-state index contributed by atoms with van der Waals surface area (Å²) in [7, 11) is 3.23. The summed E-state index contributed by atoms with van der Waals surface area (Å²) < 4.78 is 6.77. The van der Waals surface area contributed by atoms with Gasteiger partial charge in [-0.1, -0.05) is 6.07 Å². The van der Waals surface area contributed by atoms with Gasteiger partial charge < -0.3 is 9.30 Å². The molecule has 6 nitrogen and oxygen atoms in total. The van der Waals surface area contributed by atoms with E-state index in [1.165, 1.54) is 7.11 Å². The molecule has 3 rings (SSSR count). The van der Waals surface area contributed by atoms with Crippen molar-refractivity contribution in [2.24, 2.45) is 7.05 Å². The quantitative estimate of drug-likeness (QED) is 0.690. The van der Waals surface area contributed by atoms with E-state index in [-0.39, 0.29) is 0 Å². The molecule has 0 radical (unpaired) electrons. The van der Waals surface area contributed by atoms with Crippen LogP contribution in [0, 0.1) is 11.3 Å². The van der Waals surface area contributed by atoms with Crippen LogP contribution >= 0.6 is 0 Å². The molecule has 0 unspecified atom stereocenters. The molecular weight excluding hydrogens is 304 g/mol. The normalized spacial score (nSPS) is 10.5. The van der Waals surface area contributed by atoms with Gasteiger partial charge in [-0.2, -0.15) is 5.26 Å². The Kier molecular flexibility index (Phi) is 4.25. The summed E-state index contributed by atoms with van der Waals surface area (Å²) in [5.74, 6) is -0.414. The highest BCUT2D eigenvalue weighted by atomic mass is 16.5. The van der Waals surface area contributed by atoms with Gasteiger partial charge in [-0.05, 0) is 30.2 Å². The zero-order chi connectivity index (χ0) is 17.1. The number of nitrogens with zero attached hydrogens (tertiary/aromatic N) is 4. The number of methoxy groups -OCH3 is 1. The highest BCUT2D eigenvalue weighted by Gasteiger charge is 2.16. The highest BCUT2D eigenvalue weighted by molar-refractivity contribution is 6.04. The Morgan fingerprint density at radius 2 is 2.21 bits per heavy atom. The molecule has 0 saturated heterocycles. The summed E-state index contributed by atoms with van der Waals surface area (Å²) in [4.78, 5) is 21.0. The van der Waals surface area contributed by atoms with Crippen molar-refractivity contribution >= 4 is 16.9 Å². The second-order valence-electron chi connectivity index (χ2n) is 5.45. The molecule has 0 aliphatic rings. The van der Waals surface area contributed by atoms with Gasteiger partial charge in [0.1, 0.15) is 0 Å². The van der Waals surface area contributed by atoms with Crippen molar-refractivity contribution in [1.29, 1.82) is 5.26 Å². The summed E-state index contributed by atoms with van der Waals surface area (Å²) in [5, 5.41) is 9.47. The van der Waals surface area contributed by atoms with Gasteiger partial charge in [0.05, 0.1) is 48.2 Å². The third kappa shape index (κ3) is 2.84. The lowest BCUT2D eigenvalue weighted by Crippen LogP contribution is -2.05. The Bertz CT molecular complexity index is 953. The number of hydrogen-bond donors (Lipinski definition) is 0. The summed E-state index contributed by atoms with van der Waals surface area (Å²) in [6, 6.07) is 9.55. The number of carbonyl (C=O) groups is 1. The molecule has 3 aromatic rings. The van der Waals surface area contributed by atoms with Crippen molar-refractivity contribution in [2.75, 3.05) is 7.11 Å². The lowest BCUT2D eigenvalue weighted by molar-refractivity contribution is 0.0603. The number of carbonyl (C=O) groups excluding carboxylic acids is 1. The van der Waals surface area contributed by atoms with Gasteiger partial charge in [0, 0.05) is 18.9 Å². The molecule has 0 aliphatic heterocycles. The van der Waals surface area contributed by atoms with Crippen LogP contribution in [0.5, 0.6) is 0 Å². The Hall–Kier alpha value is -3.20. The van der Waals surface area contributed by atoms with Gasteiger partial charge in [-0.3, -0.25) is 0 Å². The van der Waals surface area contributed by atoms with Gasteiger partial charge in [-0.15, -0.1) is 0 Å². The smallest absolute Gasteiger partial charge is 0.338 e. The van der Waals surface area contributed by atoms with Gasteiger partial charge in [0.15, 0.2) is 0 Å². The Labute approximate surface area is 139 Å². The number of aromatic nitrogens is 3. The van der Waals surface area contributed by atoms with E-state index in [2.05, 4.69) is 16.0 Å².